The minimum Gasteiger partial charge on any atom is -0.356 e. The number of aromatic nitrogens is 3. The van der Waals surface area contributed by atoms with Crippen LogP contribution in [-0.2, 0) is 13.0 Å². The monoisotopic (exact) mass is 386 g/mol. The molecule has 0 radical (unpaired) electrons. The van der Waals surface area contributed by atoms with Crippen molar-refractivity contribution in [1.29, 1.82) is 0 Å². The van der Waals surface area contributed by atoms with E-state index in [2.05, 4.69) is 32.5 Å². The van der Waals surface area contributed by atoms with Crippen molar-refractivity contribution in [2.24, 2.45) is 4.99 Å². The van der Waals surface area contributed by atoms with Crippen LogP contribution in [0.5, 0.6) is 0 Å². The molecule has 0 aliphatic rings. The number of rotatable bonds is 6. The zero-order valence-electron chi connectivity index (χ0n) is 15.7. The van der Waals surface area contributed by atoms with Gasteiger partial charge in [0.15, 0.2) is 5.96 Å². The maximum absolute atomic E-state index is 14.3. The number of nitrogens with one attached hydrogen (secondary N) is 2. The van der Waals surface area contributed by atoms with Gasteiger partial charge in [-0.1, -0.05) is 6.07 Å². The van der Waals surface area contributed by atoms with Crippen molar-refractivity contribution in [3.05, 3.63) is 63.9 Å². The smallest absolute Gasteiger partial charge is 0.191 e. The molecule has 0 spiro atoms. The van der Waals surface area contributed by atoms with Crippen LogP contribution in [0, 0.1) is 19.7 Å². The number of aryl methyl sites for hydroxylation is 2. The molecule has 6 nitrogen and oxygen atoms in total. The van der Waals surface area contributed by atoms with Crippen LogP contribution in [0.4, 0.5) is 4.39 Å². The summed E-state index contributed by atoms with van der Waals surface area (Å²) in [4.78, 5) is 13.9. The van der Waals surface area contributed by atoms with Crippen LogP contribution in [0.2, 0.25) is 0 Å². The van der Waals surface area contributed by atoms with Crippen LogP contribution >= 0.6 is 11.3 Å². The van der Waals surface area contributed by atoms with Gasteiger partial charge < -0.3 is 15.2 Å². The first-order valence-corrected chi connectivity index (χ1v) is 9.52. The molecule has 8 heteroatoms. The fourth-order valence-corrected chi connectivity index (χ4v) is 3.55. The van der Waals surface area contributed by atoms with Gasteiger partial charge in [-0.15, -0.1) is 11.3 Å². The Labute approximate surface area is 162 Å². The van der Waals surface area contributed by atoms with Crippen molar-refractivity contribution in [2.45, 2.75) is 26.8 Å². The van der Waals surface area contributed by atoms with Gasteiger partial charge in [-0.3, -0.25) is 4.99 Å². The molecule has 3 rings (SSSR count). The third-order valence-electron chi connectivity index (χ3n) is 4.18. The van der Waals surface area contributed by atoms with E-state index < -0.39 is 0 Å². The maximum atomic E-state index is 14.3. The van der Waals surface area contributed by atoms with Gasteiger partial charge in [-0.25, -0.2) is 14.4 Å². The molecule has 0 fully saturated rings. The van der Waals surface area contributed by atoms with Crippen molar-refractivity contribution < 1.29 is 4.39 Å². The predicted molar refractivity (Wildman–Crippen MR) is 107 cm³/mol. The fraction of sp³-hybridized carbons (Fsp3) is 0.316. The predicted octanol–water partition coefficient (Wildman–Crippen LogP) is 2.99. The molecule has 1 aromatic carbocycles. The zero-order valence-corrected chi connectivity index (χ0v) is 16.5. The molecule has 0 bridgehead atoms. The minimum absolute atomic E-state index is 0.287. The zero-order chi connectivity index (χ0) is 19.2. The topological polar surface area (TPSA) is 67.1 Å². The number of aliphatic imine (C=N–C) groups is 1. The Morgan fingerprint density at radius 3 is 2.78 bits per heavy atom. The molecule has 2 heterocycles. The van der Waals surface area contributed by atoms with Crippen molar-refractivity contribution in [3.63, 3.8) is 0 Å². The van der Waals surface area contributed by atoms with Gasteiger partial charge >= 0.3 is 0 Å². The van der Waals surface area contributed by atoms with Gasteiger partial charge in [-0.05, 0) is 31.5 Å². The summed E-state index contributed by atoms with van der Waals surface area (Å²) in [6, 6.07) is 5.16. The highest BCUT2D eigenvalue weighted by Gasteiger charge is 2.07. The van der Waals surface area contributed by atoms with Crippen molar-refractivity contribution >= 4 is 17.3 Å². The molecule has 142 valence electrons. The first-order chi connectivity index (χ1) is 13.1. The van der Waals surface area contributed by atoms with Crippen LogP contribution in [0.15, 0.2) is 41.9 Å². The molecular formula is C19H23FN6S. The molecule has 27 heavy (non-hydrogen) atoms. The van der Waals surface area contributed by atoms with E-state index in [0.29, 0.717) is 18.2 Å². The molecule has 0 saturated heterocycles. The molecule has 0 unspecified atom stereocenters. The second-order valence-electron chi connectivity index (χ2n) is 6.11. The fourth-order valence-electron chi connectivity index (χ4n) is 2.61. The number of imidazole rings is 1. The highest BCUT2D eigenvalue weighted by Crippen LogP contribution is 2.16. The van der Waals surface area contributed by atoms with Crippen molar-refractivity contribution in [1.82, 2.24) is 25.2 Å². The van der Waals surface area contributed by atoms with E-state index in [9.17, 15) is 4.39 Å². The van der Waals surface area contributed by atoms with Gasteiger partial charge in [0.2, 0.25) is 0 Å². The lowest BCUT2D eigenvalue weighted by atomic mass is 10.2. The maximum Gasteiger partial charge on any atom is 0.191 e. The second-order valence-corrected chi connectivity index (χ2v) is 7.40. The van der Waals surface area contributed by atoms with Crippen molar-refractivity contribution in [2.75, 3.05) is 13.6 Å². The number of halogens is 1. The van der Waals surface area contributed by atoms with Crippen LogP contribution in [-0.4, -0.2) is 34.1 Å². The SMILES string of the molecule is CN=C(NCCc1nc(C)c(C)s1)NCc1ccc(-n2ccnc2)c(F)c1. The summed E-state index contributed by atoms with van der Waals surface area (Å²) < 4.78 is 16.0. The summed E-state index contributed by atoms with van der Waals surface area (Å²) in [6.45, 7) is 5.33. The quantitative estimate of drug-likeness (QED) is 0.505. The first kappa shape index (κ1) is 19.0. The minimum atomic E-state index is -0.287. The van der Waals surface area contributed by atoms with Crippen LogP contribution in [0.25, 0.3) is 5.69 Å². The van der Waals surface area contributed by atoms with Gasteiger partial charge in [-0.2, -0.15) is 0 Å². The summed E-state index contributed by atoms with van der Waals surface area (Å²) in [5.41, 5.74) is 2.41. The molecule has 0 atom stereocenters. The molecule has 0 amide bonds. The van der Waals surface area contributed by atoms with E-state index in [4.69, 9.17) is 0 Å². The normalized spacial score (nSPS) is 11.6. The highest BCUT2D eigenvalue weighted by atomic mass is 32.1. The summed E-state index contributed by atoms with van der Waals surface area (Å²) >= 11 is 1.73. The number of guanidine groups is 1. The Bertz CT molecular complexity index is 897. The Kier molecular flexibility index (Phi) is 6.18. The molecule has 2 aromatic heterocycles. The molecule has 0 saturated carbocycles. The van der Waals surface area contributed by atoms with Gasteiger partial charge in [0, 0.05) is 43.8 Å². The largest absolute Gasteiger partial charge is 0.356 e. The standard InChI is InChI=1S/C19H23FN6S/c1-13-14(2)27-18(25-13)6-7-23-19(21-3)24-11-15-4-5-17(16(20)10-15)26-9-8-22-12-26/h4-5,8-10,12H,6-7,11H2,1-3H3,(H2,21,23,24). The Balaban J connectivity index is 1.51. The highest BCUT2D eigenvalue weighted by molar-refractivity contribution is 7.11. The number of benzene rings is 1. The molecule has 2 N–H and O–H groups in total. The lowest BCUT2D eigenvalue weighted by Crippen LogP contribution is -2.37. The lowest BCUT2D eigenvalue weighted by Gasteiger charge is -2.12. The summed E-state index contributed by atoms with van der Waals surface area (Å²) in [6.07, 6.45) is 5.76. The van der Waals surface area contributed by atoms with E-state index in [1.165, 1.54) is 10.9 Å². The molecule has 0 aliphatic heterocycles. The average molecular weight is 387 g/mol. The van der Waals surface area contributed by atoms with Gasteiger partial charge in [0.05, 0.1) is 22.7 Å². The Morgan fingerprint density at radius 1 is 1.30 bits per heavy atom. The van der Waals surface area contributed by atoms with Gasteiger partial charge in [0.1, 0.15) is 5.82 Å². The van der Waals surface area contributed by atoms with Crippen molar-refractivity contribution in [3.8, 4) is 5.69 Å². The van der Waals surface area contributed by atoms with E-state index >= 15 is 0 Å². The van der Waals surface area contributed by atoms with Gasteiger partial charge in [0.25, 0.3) is 0 Å². The van der Waals surface area contributed by atoms with Crippen LogP contribution in [0.3, 0.4) is 0 Å². The van der Waals surface area contributed by atoms with E-state index in [1.54, 1.807) is 47.7 Å². The summed E-state index contributed by atoms with van der Waals surface area (Å²) in [5, 5.41) is 7.59. The number of hydrogen-bond acceptors (Lipinski definition) is 4. The van der Waals surface area contributed by atoms with E-state index in [0.717, 1.165) is 29.2 Å². The molecule has 3 aromatic rings. The van der Waals surface area contributed by atoms with Crippen LogP contribution < -0.4 is 10.6 Å². The molecule has 0 aliphatic carbocycles. The third kappa shape index (κ3) is 4.91. The summed E-state index contributed by atoms with van der Waals surface area (Å²) in [5.74, 6) is 0.392. The average Bonchev–Trinajstić information content (AvgIpc) is 3.28. The number of hydrogen-bond donors (Lipinski definition) is 2. The summed E-state index contributed by atoms with van der Waals surface area (Å²) in [7, 11) is 1.72. The Morgan fingerprint density at radius 2 is 2.15 bits per heavy atom. The van der Waals surface area contributed by atoms with E-state index in [-0.39, 0.29) is 5.82 Å². The second kappa shape index (κ2) is 8.77. The van der Waals surface area contributed by atoms with Crippen LogP contribution in [0.1, 0.15) is 21.1 Å². The lowest BCUT2D eigenvalue weighted by molar-refractivity contribution is 0.615. The molecular weight excluding hydrogens is 363 g/mol. The first-order valence-electron chi connectivity index (χ1n) is 8.71. The number of nitrogens with zero attached hydrogens (tertiary/aromatic N) is 4. The third-order valence-corrected chi connectivity index (χ3v) is 5.31. The number of thiazole rings is 1. The van der Waals surface area contributed by atoms with E-state index in [1.807, 2.05) is 13.0 Å². The Hall–Kier alpha value is -2.74.